The monoisotopic (exact) mass is 946 g/mol. The van der Waals surface area contributed by atoms with Crippen molar-refractivity contribution < 1.29 is 24.2 Å². The summed E-state index contributed by atoms with van der Waals surface area (Å²) in [4.78, 5) is 32.1. The summed E-state index contributed by atoms with van der Waals surface area (Å²) in [6.45, 7) is 15.7. The fourth-order valence-corrected chi connectivity index (χ4v) is 12.2. The molecule has 2 aliphatic rings. The molecular formula is C45H55BrN6O6S2Si. The summed E-state index contributed by atoms with van der Waals surface area (Å²) in [6, 6.07) is 16.3. The molecule has 1 saturated heterocycles. The molecule has 1 aliphatic carbocycles. The zero-order chi connectivity index (χ0) is 43.1. The Kier molecular flexibility index (Phi) is 12.8. The predicted molar refractivity (Wildman–Crippen MR) is 248 cm³/mol. The first-order chi connectivity index (χ1) is 29.1. The highest BCUT2D eigenvalue weighted by molar-refractivity contribution is 9.11. The van der Waals surface area contributed by atoms with Crippen LogP contribution in [0.25, 0.3) is 21.9 Å². The number of halogens is 1. The Morgan fingerprint density at radius 1 is 1.07 bits per heavy atom. The Balaban J connectivity index is 0.896. The fraction of sp³-hybridized carbons (Fsp3) is 0.467. The highest BCUT2D eigenvalue weighted by Crippen LogP contribution is 2.42. The number of nitrogens with zero attached hydrogens (tertiary/aromatic N) is 4. The van der Waals surface area contributed by atoms with E-state index in [1.165, 1.54) is 45.4 Å². The SMILES string of the molecule is CC(C)(C)[Si](C)(C)O[C@@H](CNCc1cc2nnn(CCCN3CCC(OC(=O)[C@@](O)(c4cccs4)c4ccc(Br)s4)CC3)c2c2c1CCC2)c1ccc(O)c2[nH]c(=O)ccc12. The molecule has 1 fully saturated rings. The zero-order valence-electron chi connectivity index (χ0n) is 35.4. The summed E-state index contributed by atoms with van der Waals surface area (Å²) < 4.78 is 16.0. The molecule has 324 valence electrons. The van der Waals surface area contributed by atoms with Gasteiger partial charge in [0, 0.05) is 44.2 Å². The van der Waals surface area contributed by atoms with Crippen molar-refractivity contribution >= 4 is 74.8 Å². The van der Waals surface area contributed by atoms with Crippen LogP contribution >= 0.6 is 38.6 Å². The molecule has 1 aliphatic heterocycles. The number of esters is 1. The van der Waals surface area contributed by atoms with Crippen molar-refractivity contribution in [3.05, 3.63) is 106 Å². The first-order valence-corrected chi connectivity index (χ1v) is 26.6. The molecule has 2 atom stereocenters. The van der Waals surface area contributed by atoms with E-state index < -0.39 is 19.9 Å². The molecule has 5 heterocycles. The van der Waals surface area contributed by atoms with Gasteiger partial charge in [-0.15, -0.1) is 27.8 Å². The van der Waals surface area contributed by atoms with Crippen LogP contribution in [0, 0.1) is 0 Å². The number of nitrogens with one attached hydrogen (secondary N) is 2. The van der Waals surface area contributed by atoms with E-state index in [1.54, 1.807) is 24.3 Å². The minimum absolute atomic E-state index is 0.0141. The summed E-state index contributed by atoms with van der Waals surface area (Å²) in [5, 5.41) is 38.0. The van der Waals surface area contributed by atoms with Gasteiger partial charge in [0.15, 0.2) is 8.32 Å². The molecule has 4 N–H and O–H groups in total. The van der Waals surface area contributed by atoms with Gasteiger partial charge < -0.3 is 34.6 Å². The number of carbonyl (C=O) groups excluding carboxylic acids is 1. The smallest absolute Gasteiger partial charge is 0.349 e. The number of aromatic hydroxyl groups is 1. The van der Waals surface area contributed by atoms with Crippen LogP contribution in [-0.4, -0.2) is 81.7 Å². The van der Waals surface area contributed by atoms with E-state index >= 15 is 0 Å². The van der Waals surface area contributed by atoms with Crippen molar-refractivity contribution in [2.45, 2.75) is 108 Å². The number of carbonyl (C=O) groups is 1. The Bertz CT molecular complexity index is 2580. The van der Waals surface area contributed by atoms with Gasteiger partial charge in [0.1, 0.15) is 17.4 Å². The van der Waals surface area contributed by atoms with E-state index in [0.29, 0.717) is 41.2 Å². The van der Waals surface area contributed by atoms with Crippen molar-refractivity contribution in [1.29, 1.82) is 0 Å². The first-order valence-electron chi connectivity index (χ1n) is 21.2. The van der Waals surface area contributed by atoms with Crippen LogP contribution in [0.5, 0.6) is 5.75 Å². The van der Waals surface area contributed by atoms with Gasteiger partial charge in [0.25, 0.3) is 0 Å². The Morgan fingerprint density at radius 2 is 1.85 bits per heavy atom. The number of phenolic OH excluding ortho intramolecular Hbond substituents is 1. The number of fused-ring (bicyclic) bond motifs is 4. The highest BCUT2D eigenvalue weighted by Gasteiger charge is 2.45. The lowest BCUT2D eigenvalue weighted by Crippen LogP contribution is -2.43. The second-order valence-electron chi connectivity index (χ2n) is 17.9. The molecule has 61 heavy (non-hydrogen) atoms. The van der Waals surface area contributed by atoms with Gasteiger partial charge >= 0.3 is 5.97 Å². The summed E-state index contributed by atoms with van der Waals surface area (Å²) in [7, 11) is -2.22. The third-order valence-corrected chi connectivity index (χ3v) is 20.1. The molecule has 0 spiro atoms. The topological polar surface area (TPSA) is 155 Å². The van der Waals surface area contributed by atoms with Crippen molar-refractivity contribution in [3.63, 3.8) is 0 Å². The standard InChI is InChI=1S/C45H55BrN6O6S2Si/c1-44(2,3)61(4,5)58-36(31-12-14-35(53)41-32(31)13-17-40(54)48-41)27-47-26-28-25-34-42(33-10-6-9-30(28)33)52(50-49-34)21-8-20-51-22-18-29(19-23-51)57-43(55)45(56,37-11-7-24-59-37)38-15-16-39(46)60-38/h7,11-17,24-25,29,36,47,53,56H,6,8-10,18-23,26-27H2,1-5H3,(H,48,54)/t36-,45+/m0/s1. The second-order valence-corrected chi connectivity index (χ2v) is 26.1. The number of H-pyrrole nitrogens is 1. The number of thiophene rings is 2. The number of pyridine rings is 1. The van der Waals surface area contributed by atoms with E-state index in [1.807, 2.05) is 23.6 Å². The average molecular weight is 948 g/mol. The summed E-state index contributed by atoms with van der Waals surface area (Å²) in [5.41, 5.74) is 5.29. The van der Waals surface area contributed by atoms with Crippen molar-refractivity contribution in [2.75, 3.05) is 26.2 Å². The molecule has 16 heteroatoms. The molecule has 0 amide bonds. The largest absolute Gasteiger partial charge is 0.506 e. The van der Waals surface area contributed by atoms with Crippen molar-refractivity contribution in [1.82, 2.24) is 30.2 Å². The molecule has 0 unspecified atom stereocenters. The van der Waals surface area contributed by atoms with Crippen LogP contribution in [-0.2, 0) is 45.5 Å². The number of benzene rings is 2. The minimum atomic E-state index is -2.22. The minimum Gasteiger partial charge on any atom is -0.506 e. The third kappa shape index (κ3) is 9.05. The number of aryl methyl sites for hydroxylation is 2. The number of likely N-dealkylation sites (tertiary alicyclic amines) is 1. The van der Waals surface area contributed by atoms with Gasteiger partial charge in [-0.05, 0) is 143 Å². The second kappa shape index (κ2) is 17.8. The number of phenols is 1. The Morgan fingerprint density at radius 3 is 2.57 bits per heavy atom. The number of aliphatic hydroxyl groups is 1. The number of ether oxygens (including phenoxy) is 1. The number of hydrogen-bond donors (Lipinski definition) is 4. The molecule has 2 aromatic carbocycles. The first kappa shape index (κ1) is 43.9. The summed E-state index contributed by atoms with van der Waals surface area (Å²) in [5.74, 6) is -0.578. The number of aromatic amines is 1. The van der Waals surface area contributed by atoms with Crippen LogP contribution < -0.4 is 10.9 Å². The van der Waals surface area contributed by atoms with Crippen molar-refractivity contribution in [2.24, 2.45) is 0 Å². The lowest BCUT2D eigenvalue weighted by atomic mass is 9.99. The average Bonchev–Trinajstić information content (AvgIpc) is 4.06. The maximum Gasteiger partial charge on any atom is 0.349 e. The molecule has 6 aromatic rings. The summed E-state index contributed by atoms with van der Waals surface area (Å²) >= 11 is 6.15. The highest BCUT2D eigenvalue weighted by atomic mass is 79.9. The molecule has 4 aromatic heterocycles. The lowest BCUT2D eigenvalue weighted by Gasteiger charge is -2.39. The predicted octanol–water partition coefficient (Wildman–Crippen LogP) is 8.54. The quantitative estimate of drug-likeness (QED) is 0.0582. The van der Waals surface area contributed by atoms with Crippen molar-refractivity contribution in [3.8, 4) is 5.75 Å². The summed E-state index contributed by atoms with van der Waals surface area (Å²) in [6.07, 6.45) is 4.91. The normalized spacial score (nSPS) is 16.9. The van der Waals surface area contributed by atoms with Gasteiger partial charge in [0.2, 0.25) is 11.2 Å². The number of hydrogen-bond acceptors (Lipinski definition) is 12. The van der Waals surface area contributed by atoms with Gasteiger partial charge in [0.05, 0.1) is 30.7 Å². The van der Waals surface area contributed by atoms with Crippen LogP contribution in [0.2, 0.25) is 18.1 Å². The maximum absolute atomic E-state index is 13.6. The van der Waals surface area contributed by atoms with Gasteiger partial charge in [-0.1, -0.05) is 38.1 Å². The van der Waals surface area contributed by atoms with Crippen LogP contribution in [0.3, 0.4) is 0 Å². The zero-order valence-corrected chi connectivity index (χ0v) is 39.6. The number of rotatable bonds is 15. The lowest BCUT2D eigenvalue weighted by molar-refractivity contribution is -0.169. The van der Waals surface area contributed by atoms with E-state index in [9.17, 15) is 19.8 Å². The molecular weight excluding hydrogens is 893 g/mol. The molecule has 0 saturated carbocycles. The van der Waals surface area contributed by atoms with Crippen LogP contribution in [0.4, 0.5) is 0 Å². The third-order valence-electron chi connectivity index (χ3n) is 12.9. The Hall–Kier alpha value is -3.74. The Labute approximate surface area is 373 Å². The van der Waals surface area contributed by atoms with E-state index in [0.717, 1.165) is 77.6 Å². The van der Waals surface area contributed by atoms with Gasteiger partial charge in [-0.25, -0.2) is 9.48 Å². The molecule has 0 radical (unpaired) electrons. The van der Waals surface area contributed by atoms with E-state index in [-0.39, 0.29) is 28.6 Å². The molecule has 8 rings (SSSR count). The van der Waals surface area contributed by atoms with E-state index in [2.05, 4.69) is 86.1 Å². The molecule has 0 bridgehead atoms. The van der Waals surface area contributed by atoms with Crippen LogP contribution in [0.15, 0.2) is 68.6 Å². The number of piperidine rings is 1. The van der Waals surface area contributed by atoms with E-state index in [4.69, 9.17) is 9.16 Å². The van der Waals surface area contributed by atoms with Gasteiger partial charge in [-0.2, -0.15) is 0 Å². The number of aromatic nitrogens is 4. The maximum atomic E-state index is 13.6. The van der Waals surface area contributed by atoms with Crippen LogP contribution in [0.1, 0.15) is 84.6 Å². The molecule has 12 nitrogen and oxygen atoms in total. The fourth-order valence-electron chi connectivity index (χ4n) is 8.53. The van der Waals surface area contributed by atoms with Gasteiger partial charge in [-0.3, -0.25) is 4.79 Å².